The van der Waals surface area contributed by atoms with Crippen LogP contribution >= 0.6 is 0 Å². The molecule has 0 aliphatic carbocycles. The monoisotopic (exact) mass is 1460 g/mol. The van der Waals surface area contributed by atoms with Crippen LogP contribution in [0.1, 0.15) is 124 Å². The number of carbonyl (C=O) groups excluding carboxylic acids is 2. The number of nitrogens with zero attached hydrogens (tertiary/aromatic N) is 1. The van der Waals surface area contributed by atoms with E-state index >= 15 is 0 Å². The van der Waals surface area contributed by atoms with Crippen LogP contribution in [-0.2, 0) is 68.6 Å². The Kier molecular flexibility index (Phi) is 27.6. The first-order valence-electron chi connectivity index (χ1n) is 31.5. The van der Waals surface area contributed by atoms with Gasteiger partial charge in [0.15, 0.2) is 11.6 Å². The van der Waals surface area contributed by atoms with Gasteiger partial charge in [0, 0.05) is 62.0 Å². The fourth-order valence-electron chi connectivity index (χ4n) is 11.1. The number of rotatable bonds is 26. The first kappa shape index (κ1) is 78.4. The minimum absolute atomic E-state index is 0.0435. The van der Waals surface area contributed by atoms with Crippen molar-refractivity contribution in [3.8, 4) is 34.5 Å². The van der Waals surface area contributed by atoms with Crippen molar-refractivity contribution < 1.29 is 103 Å². The summed E-state index contributed by atoms with van der Waals surface area (Å²) < 4.78 is 211. The van der Waals surface area contributed by atoms with Crippen molar-refractivity contribution in [3.63, 3.8) is 0 Å². The van der Waals surface area contributed by atoms with Crippen molar-refractivity contribution in [1.82, 2.24) is 10.2 Å². The van der Waals surface area contributed by atoms with Gasteiger partial charge in [-0.25, -0.2) is 40.7 Å². The van der Waals surface area contributed by atoms with Gasteiger partial charge in [0.1, 0.15) is 49.2 Å². The number of allylic oxidation sites excluding steroid dienone is 1. The third-order valence-electron chi connectivity index (χ3n) is 15.7. The zero-order chi connectivity index (χ0) is 72.3. The Balaban J connectivity index is 0.000000195. The van der Waals surface area contributed by atoms with E-state index in [-0.39, 0.29) is 67.8 Å². The zero-order valence-electron chi connectivity index (χ0n) is 53.8. The molecule has 0 bridgehead atoms. The first-order valence-corrected chi connectivity index (χ1v) is 36.2. The maximum atomic E-state index is 12.7. The Morgan fingerprint density at radius 2 is 0.929 bits per heavy atom. The Labute approximate surface area is 568 Å². The highest BCUT2D eigenvalue weighted by atomic mass is 32.2. The van der Waals surface area contributed by atoms with E-state index < -0.39 is 49.2 Å². The van der Waals surface area contributed by atoms with E-state index in [1.54, 1.807) is 48.5 Å². The number of nitrogens with one attached hydrogen (secondary N) is 1. The molecule has 0 saturated heterocycles. The molecule has 540 valence electrons. The topological polar surface area (TPSA) is 311 Å². The van der Waals surface area contributed by atoms with Gasteiger partial charge in [-0.3, -0.25) is 9.59 Å². The van der Waals surface area contributed by atoms with Crippen LogP contribution in [0.5, 0.6) is 34.5 Å². The summed E-state index contributed by atoms with van der Waals surface area (Å²) in [6, 6.07) is 27.5. The lowest BCUT2D eigenvalue weighted by atomic mass is 10.0. The van der Waals surface area contributed by atoms with Gasteiger partial charge >= 0.3 is 19.1 Å². The molecule has 10 rings (SSSR count). The summed E-state index contributed by atoms with van der Waals surface area (Å²) in [6.45, 7) is 5.69. The summed E-state index contributed by atoms with van der Waals surface area (Å²) in [5.74, 6) is -0.00318. The molecule has 0 atom stereocenters. The number of carbonyl (C=O) groups is 2. The standard InChI is InChI=1S/C22H25F3N2O5S.C22H23F3N2O4S.C14H19NO4S.C9H10F3NO/c23-22(24,25)32-19-7-2-1-5-15(19)8-11-27-10-4-3-6-18(28)17-13-16-9-12-31-21(16)20(14-17)33(26,29)30;23-22(24,25)31-19-7-2-1-5-15(19)8-11-27-10-4-3-6-18(27)17-13-16-9-12-30-21(16)20(14-17)32(26,28)29;1-2-3-4-5-12(16)11-8-10-6-7-19-14(10)13(9-11)20(15,17)18;10-9(11,12)14-8-4-2-1-3-7(8)5-6-13/h1-2,5,7,13-14,27H,3-4,6,8-12H2,(H2,26,29,30);1-2,5-7,13-14H,3-4,8-12H2,(H2,26,28,29);8-9H,2-7H2,1H3,(H2,15,17,18);1-4H,5-6,13H2. The number of Topliss-reactive ketones (excluding diaryl/α,β-unsaturated/α-hetero) is 2. The summed E-state index contributed by atoms with van der Waals surface area (Å²) in [4.78, 5) is 26.4. The number of ether oxygens (including phenoxy) is 6. The Hall–Kier alpha value is -7.98. The second kappa shape index (κ2) is 34.9. The van der Waals surface area contributed by atoms with E-state index in [0.717, 1.165) is 48.9 Å². The number of hydrogen-bond donors (Lipinski definition) is 5. The van der Waals surface area contributed by atoms with Gasteiger partial charge in [0.05, 0.1) is 19.8 Å². The zero-order valence-corrected chi connectivity index (χ0v) is 56.3. The first-order chi connectivity index (χ1) is 46.6. The maximum absolute atomic E-state index is 12.7. The third-order valence-corrected chi connectivity index (χ3v) is 18.4. The van der Waals surface area contributed by atoms with E-state index in [4.69, 9.17) is 35.4 Å². The second-order valence-corrected chi connectivity index (χ2v) is 27.6. The Morgan fingerprint density at radius 3 is 1.35 bits per heavy atom. The molecular weight excluding hydrogens is 1380 g/mol. The molecule has 9 N–H and O–H groups in total. The number of alkyl halides is 9. The van der Waals surface area contributed by atoms with Gasteiger partial charge in [-0.1, -0.05) is 80.4 Å². The minimum atomic E-state index is -4.76. The summed E-state index contributed by atoms with van der Waals surface area (Å²) in [5.41, 5.74) is 11.0. The van der Waals surface area contributed by atoms with Gasteiger partial charge in [-0.2, -0.15) is 0 Å². The molecule has 0 fully saturated rings. The largest absolute Gasteiger partial charge is 0.573 e. The predicted molar refractivity (Wildman–Crippen MR) is 349 cm³/mol. The third kappa shape index (κ3) is 24.1. The minimum Gasteiger partial charge on any atom is -0.492 e. The SMILES string of the molecule is CCCCCC(=O)c1cc2c(c(S(N)(=O)=O)c1)OCC2.NCCc1ccccc1OC(F)(F)F.NS(=O)(=O)c1cc(C(=O)CCCCNCCc2ccccc2OC(F)(F)F)cc2c1OCC2.NS(=O)(=O)c1cc(C2=CCCCN2CCc2ccccc2OC(F)(F)F)cc2c1OCC2. The fraction of sp³-hybridized carbons (Fsp3) is 0.403. The van der Waals surface area contributed by atoms with Gasteiger partial charge in [-0.05, 0) is 165 Å². The van der Waals surface area contributed by atoms with Crippen LogP contribution in [-0.4, -0.2) is 113 Å². The average Bonchev–Trinajstić information content (AvgIpc) is 1.75. The normalized spacial score (nSPS) is 14.2. The van der Waals surface area contributed by atoms with E-state index in [0.29, 0.717) is 149 Å². The summed E-state index contributed by atoms with van der Waals surface area (Å²) in [7, 11) is -11.9. The second-order valence-electron chi connectivity index (χ2n) is 23.1. The molecule has 99 heavy (non-hydrogen) atoms. The average molecular weight is 1460 g/mol. The van der Waals surface area contributed by atoms with Crippen LogP contribution in [0.4, 0.5) is 39.5 Å². The maximum Gasteiger partial charge on any atom is 0.573 e. The van der Waals surface area contributed by atoms with Crippen molar-refractivity contribution in [2.45, 2.75) is 137 Å². The highest BCUT2D eigenvalue weighted by Crippen LogP contribution is 2.40. The highest BCUT2D eigenvalue weighted by Gasteiger charge is 2.35. The van der Waals surface area contributed by atoms with Crippen LogP contribution in [0.15, 0.2) is 130 Å². The van der Waals surface area contributed by atoms with Crippen LogP contribution in [0, 0.1) is 0 Å². The van der Waals surface area contributed by atoms with E-state index in [1.165, 1.54) is 54.6 Å². The molecule has 0 aromatic heterocycles. The smallest absolute Gasteiger partial charge is 0.492 e. The predicted octanol–water partition coefficient (Wildman–Crippen LogP) is 11.3. The molecule has 0 unspecified atom stereocenters. The van der Waals surface area contributed by atoms with Gasteiger partial charge in [0.25, 0.3) is 0 Å². The van der Waals surface area contributed by atoms with Crippen molar-refractivity contribution in [3.05, 3.63) is 165 Å². The molecule has 4 aliphatic rings. The number of hydrogen-bond acceptors (Lipinski definition) is 17. The van der Waals surface area contributed by atoms with Gasteiger partial charge < -0.3 is 44.4 Å². The molecule has 4 heterocycles. The molecule has 6 aromatic rings. The van der Waals surface area contributed by atoms with E-state index in [1.807, 2.05) is 12.1 Å². The fourth-order valence-corrected chi connectivity index (χ4v) is 13.4. The number of sulfonamides is 3. The Morgan fingerprint density at radius 1 is 0.525 bits per heavy atom. The lowest BCUT2D eigenvalue weighted by Gasteiger charge is -2.31. The molecule has 20 nitrogen and oxygen atoms in total. The molecule has 6 aromatic carbocycles. The molecule has 32 heteroatoms. The summed E-state index contributed by atoms with van der Waals surface area (Å²) >= 11 is 0. The van der Waals surface area contributed by atoms with Gasteiger partial charge in [-0.15, -0.1) is 39.5 Å². The molecule has 0 spiro atoms. The molecule has 0 radical (unpaired) electrons. The summed E-state index contributed by atoms with van der Waals surface area (Å²) in [6.07, 6.45) is -2.93. The Bertz CT molecular complexity index is 4180. The van der Waals surface area contributed by atoms with Crippen molar-refractivity contribution in [1.29, 1.82) is 0 Å². The number of primary sulfonamides is 3. The number of halogens is 9. The van der Waals surface area contributed by atoms with Crippen LogP contribution in [0.3, 0.4) is 0 Å². The van der Waals surface area contributed by atoms with Crippen LogP contribution < -0.4 is 54.9 Å². The molecule has 0 saturated carbocycles. The quantitative estimate of drug-likeness (QED) is 0.0191. The van der Waals surface area contributed by atoms with E-state index in [2.05, 4.69) is 31.4 Å². The number of fused-ring (bicyclic) bond motifs is 3. The van der Waals surface area contributed by atoms with Crippen LogP contribution in [0.2, 0.25) is 0 Å². The number of unbranched alkanes of at least 4 members (excludes halogenated alkanes) is 3. The van der Waals surface area contributed by atoms with Crippen molar-refractivity contribution in [2.75, 3.05) is 52.5 Å². The van der Waals surface area contributed by atoms with E-state index in [9.17, 15) is 74.4 Å². The molecular formula is C67H77F9N6O14S3. The number of ketones is 2. The lowest BCUT2D eigenvalue weighted by Crippen LogP contribution is -2.29. The highest BCUT2D eigenvalue weighted by molar-refractivity contribution is 7.89. The number of para-hydroxylation sites is 3. The van der Waals surface area contributed by atoms with Crippen molar-refractivity contribution >= 4 is 47.3 Å². The summed E-state index contributed by atoms with van der Waals surface area (Å²) in [5, 5.41) is 19.0. The lowest BCUT2D eigenvalue weighted by molar-refractivity contribution is -0.275. The number of benzene rings is 6. The molecule has 0 amide bonds. The van der Waals surface area contributed by atoms with Crippen molar-refractivity contribution in [2.24, 2.45) is 21.2 Å². The van der Waals surface area contributed by atoms with Crippen LogP contribution in [0.25, 0.3) is 5.70 Å². The van der Waals surface area contributed by atoms with Gasteiger partial charge in [0.2, 0.25) is 30.1 Å². The molecule has 4 aliphatic heterocycles. The number of nitrogens with two attached hydrogens (primary N) is 4.